The largest absolute Gasteiger partial charge is 0.298 e. The minimum absolute atomic E-state index is 0.443. The molecule has 2 spiro atoms. The summed E-state index contributed by atoms with van der Waals surface area (Å²) in [5.74, 6) is 5.79. The maximum absolute atomic E-state index is 14.2. The summed E-state index contributed by atoms with van der Waals surface area (Å²) in [4.78, 5) is 14.2. The van der Waals surface area contributed by atoms with Crippen molar-refractivity contribution in [2.24, 2.45) is 46.3 Å². The number of halogens is 2. The molecule has 0 radical (unpaired) electrons. The summed E-state index contributed by atoms with van der Waals surface area (Å²) in [6, 6.07) is 0. The lowest BCUT2D eigenvalue weighted by Gasteiger charge is -2.67. The highest BCUT2D eigenvalue weighted by Crippen LogP contribution is 2.75. The number of ketones is 1. The molecular formula is C44H76Cl2O. The van der Waals surface area contributed by atoms with Gasteiger partial charge in [0.25, 0.3) is 0 Å². The smallest absolute Gasteiger partial charge is 0.151 e. The average Bonchev–Trinajstić information content (AvgIpc) is 3.11. The lowest BCUT2D eigenvalue weighted by Crippen LogP contribution is -2.74. The number of carbonyl (C=O) groups excluding carboxylic acids is 1. The van der Waals surface area contributed by atoms with Gasteiger partial charge in [-0.05, 0) is 113 Å². The number of alkyl halides is 2. The molecule has 5 aliphatic carbocycles. The molecular weight excluding hydrogens is 615 g/mol. The molecule has 47 heavy (non-hydrogen) atoms. The van der Waals surface area contributed by atoms with Crippen molar-refractivity contribution in [1.29, 1.82) is 0 Å². The lowest BCUT2D eigenvalue weighted by atomic mass is 9.41. The molecule has 0 heterocycles. The van der Waals surface area contributed by atoms with E-state index in [-0.39, 0.29) is 0 Å². The molecule has 0 aromatic heterocycles. The number of unbranched alkanes of at least 4 members (excludes halogenated alkanes) is 12. The van der Waals surface area contributed by atoms with E-state index in [1.165, 1.54) is 180 Å². The number of Topliss-reactive ketones (excluding diaryl/α,β-unsaturated/α-hetero) is 1. The van der Waals surface area contributed by atoms with Gasteiger partial charge in [-0.1, -0.05) is 165 Å². The monoisotopic (exact) mass is 691 g/mol. The first-order valence-corrected chi connectivity index (χ1v) is 22.5. The number of rotatable bonds is 18. The van der Waals surface area contributed by atoms with E-state index in [2.05, 4.69) is 13.8 Å². The standard InChI is InChI=1S/C44H76Cl2O/c1-3-5-7-9-11-13-15-17-35-19-23-37(24-20-35)39-27-31-42(32-28-39)41(47)43(44(42,45)46)33-29-40(30-34-43)38-25-21-36(22-26-38)18-16-14-12-10-8-6-4-2/h35-40H,3-34H2,1-2H3. The number of hydrogen-bond acceptors (Lipinski definition) is 1. The fourth-order valence-corrected chi connectivity index (χ4v) is 13.2. The van der Waals surface area contributed by atoms with Crippen LogP contribution >= 0.6 is 23.2 Å². The predicted molar refractivity (Wildman–Crippen MR) is 204 cm³/mol. The predicted octanol–water partition coefficient (Wildman–Crippen LogP) is 15.0. The first-order chi connectivity index (χ1) is 22.9. The van der Waals surface area contributed by atoms with Crippen LogP contribution < -0.4 is 0 Å². The summed E-state index contributed by atoms with van der Waals surface area (Å²) in [6.45, 7) is 4.61. The number of carbonyl (C=O) groups is 1. The fourth-order valence-electron chi connectivity index (χ4n) is 12.1. The van der Waals surface area contributed by atoms with E-state index in [9.17, 15) is 4.79 Å². The van der Waals surface area contributed by atoms with E-state index in [0.29, 0.717) is 5.78 Å². The van der Waals surface area contributed by atoms with Gasteiger partial charge in [0.05, 0.1) is 10.8 Å². The van der Waals surface area contributed by atoms with Crippen LogP contribution in [0.3, 0.4) is 0 Å². The molecule has 0 saturated heterocycles. The van der Waals surface area contributed by atoms with Gasteiger partial charge in [-0.25, -0.2) is 0 Å². The SMILES string of the molecule is CCCCCCCCCC1CCC(C2CCC3(CC2)C(=O)C2(CCC(C4CCC(CCCCCCCCC)CC4)CC2)C3(Cl)Cl)CC1. The topological polar surface area (TPSA) is 17.1 Å². The molecule has 0 aromatic rings. The molecule has 5 aliphatic rings. The van der Waals surface area contributed by atoms with Crippen LogP contribution in [0.2, 0.25) is 0 Å². The summed E-state index contributed by atoms with van der Waals surface area (Å²) in [5.41, 5.74) is -0.885. The third kappa shape index (κ3) is 9.01. The van der Waals surface area contributed by atoms with E-state index in [1.807, 2.05) is 0 Å². The first-order valence-electron chi connectivity index (χ1n) is 21.8. The summed E-state index contributed by atoms with van der Waals surface area (Å²) in [5, 5.41) is 0. The van der Waals surface area contributed by atoms with E-state index < -0.39 is 15.2 Å². The molecule has 0 unspecified atom stereocenters. The number of hydrogen-bond donors (Lipinski definition) is 0. The van der Waals surface area contributed by atoms with Crippen LogP contribution in [-0.4, -0.2) is 10.1 Å². The third-order valence-electron chi connectivity index (χ3n) is 15.4. The zero-order chi connectivity index (χ0) is 33.2. The fraction of sp³-hybridized carbons (Fsp3) is 0.977. The highest BCUT2D eigenvalue weighted by atomic mass is 35.5. The highest BCUT2D eigenvalue weighted by Gasteiger charge is 2.79. The minimum Gasteiger partial charge on any atom is -0.298 e. The Hall–Kier alpha value is 0.250. The van der Waals surface area contributed by atoms with Crippen molar-refractivity contribution in [3.63, 3.8) is 0 Å². The van der Waals surface area contributed by atoms with Crippen LogP contribution in [0.15, 0.2) is 0 Å². The zero-order valence-corrected chi connectivity index (χ0v) is 32.8. The van der Waals surface area contributed by atoms with Crippen molar-refractivity contribution in [2.75, 3.05) is 0 Å². The van der Waals surface area contributed by atoms with Gasteiger partial charge in [-0.2, -0.15) is 0 Å². The van der Waals surface area contributed by atoms with E-state index >= 15 is 0 Å². The van der Waals surface area contributed by atoms with Gasteiger partial charge in [0.1, 0.15) is 4.33 Å². The molecule has 0 amide bonds. The lowest BCUT2D eigenvalue weighted by molar-refractivity contribution is -0.173. The van der Waals surface area contributed by atoms with E-state index in [4.69, 9.17) is 23.2 Å². The quantitative estimate of drug-likeness (QED) is 0.103. The zero-order valence-electron chi connectivity index (χ0n) is 31.3. The highest BCUT2D eigenvalue weighted by molar-refractivity contribution is 6.55. The van der Waals surface area contributed by atoms with Gasteiger partial charge >= 0.3 is 0 Å². The molecule has 1 nitrogen and oxygen atoms in total. The first kappa shape index (κ1) is 38.5. The molecule has 0 atom stereocenters. The van der Waals surface area contributed by atoms with Crippen molar-refractivity contribution < 1.29 is 4.79 Å². The average molecular weight is 692 g/mol. The second-order valence-electron chi connectivity index (χ2n) is 18.1. The van der Waals surface area contributed by atoms with Crippen molar-refractivity contribution >= 4 is 29.0 Å². The minimum atomic E-state index is -0.838. The van der Waals surface area contributed by atoms with Crippen LogP contribution in [0, 0.1) is 46.3 Å². The van der Waals surface area contributed by atoms with Crippen molar-refractivity contribution in [3.8, 4) is 0 Å². The van der Waals surface area contributed by atoms with E-state index in [1.54, 1.807) is 0 Å². The molecule has 5 saturated carbocycles. The van der Waals surface area contributed by atoms with Gasteiger partial charge < -0.3 is 0 Å². The van der Waals surface area contributed by atoms with Crippen LogP contribution in [0.4, 0.5) is 0 Å². The summed E-state index contributed by atoms with van der Waals surface area (Å²) in [7, 11) is 0. The van der Waals surface area contributed by atoms with E-state index in [0.717, 1.165) is 61.2 Å². The molecule has 0 aliphatic heterocycles. The third-order valence-corrected chi connectivity index (χ3v) is 16.8. The Bertz CT molecular complexity index is 824. The molecule has 272 valence electrons. The summed E-state index contributed by atoms with van der Waals surface area (Å²) < 4.78 is -0.838. The molecule has 0 N–H and O–H groups in total. The molecule has 5 rings (SSSR count). The van der Waals surface area contributed by atoms with Gasteiger partial charge in [0.2, 0.25) is 0 Å². The Kier molecular flexibility index (Phi) is 15.3. The maximum Gasteiger partial charge on any atom is 0.151 e. The van der Waals surface area contributed by atoms with Crippen LogP contribution in [0.5, 0.6) is 0 Å². The Balaban J connectivity index is 0.977. The van der Waals surface area contributed by atoms with Gasteiger partial charge in [-0.3, -0.25) is 4.79 Å². The van der Waals surface area contributed by atoms with Gasteiger partial charge in [0.15, 0.2) is 5.78 Å². The second kappa shape index (κ2) is 18.7. The van der Waals surface area contributed by atoms with Crippen molar-refractivity contribution in [1.82, 2.24) is 0 Å². The van der Waals surface area contributed by atoms with Crippen LogP contribution in [-0.2, 0) is 4.79 Å². The Morgan fingerprint density at radius 1 is 0.447 bits per heavy atom. The second-order valence-corrected chi connectivity index (χ2v) is 19.5. The van der Waals surface area contributed by atoms with Crippen molar-refractivity contribution in [2.45, 2.75) is 224 Å². The van der Waals surface area contributed by atoms with Gasteiger partial charge in [0, 0.05) is 0 Å². The Labute approximate surface area is 302 Å². The normalized spacial score (nSPS) is 37.3. The molecule has 0 bridgehead atoms. The van der Waals surface area contributed by atoms with Crippen molar-refractivity contribution in [3.05, 3.63) is 0 Å². The summed E-state index contributed by atoms with van der Waals surface area (Å²) in [6.07, 6.45) is 42.9. The Morgan fingerprint density at radius 2 is 0.745 bits per heavy atom. The van der Waals surface area contributed by atoms with Gasteiger partial charge in [-0.15, -0.1) is 0 Å². The molecule has 5 fully saturated rings. The maximum atomic E-state index is 14.2. The van der Waals surface area contributed by atoms with Crippen LogP contribution in [0.1, 0.15) is 219 Å². The molecule has 3 heteroatoms. The summed E-state index contributed by atoms with van der Waals surface area (Å²) >= 11 is 14.8. The Morgan fingerprint density at radius 3 is 1.06 bits per heavy atom. The molecule has 0 aromatic carbocycles. The van der Waals surface area contributed by atoms with Crippen LogP contribution in [0.25, 0.3) is 0 Å².